The second-order valence-corrected chi connectivity index (χ2v) is 1.95. The average Bonchev–Trinajstić information content (AvgIpc) is 1.61. The molecule has 0 fully saturated rings. The lowest BCUT2D eigenvalue weighted by atomic mass is 10.7. The Labute approximate surface area is 53.8 Å². The van der Waals surface area contributed by atoms with Gasteiger partial charge in [-0.1, -0.05) is 25.3 Å². The molecule has 0 aromatic carbocycles. The predicted octanol–water partition coefficient (Wildman–Crippen LogP) is 1.40. The quantitative estimate of drug-likeness (QED) is 0.347. The van der Waals surface area contributed by atoms with E-state index in [0.717, 1.165) is 0 Å². The summed E-state index contributed by atoms with van der Waals surface area (Å²) in [6.07, 6.45) is 1.61. The van der Waals surface area contributed by atoms with Crippen LogP contribution in [0.3, 0.4) is 0 Å². The fourth-order valence-corrected chi connectivity index (χ4v) is 0.273. The van der Waals surface area contributed by atoms with E-state index in [0.29, 0.717) is 6.61 Å². The first-order valence-corrected chi connectivity index (χ1v) is 2.59. The van der Waals surface area contributed by atoms with Crippen molar-refractivity contribution in [3.05, 3.63) is 12.7 Å². The summed E-state index contributed by atoms with van der Waals surface area (Å²) in [5.74, 6) is 0. The second-order valence-electron chi connectivity index (χ2n) is 0.866. The molecular formula is C4H6OS2. The van der Waals surface area contributed by atoms with Crippen LogP contribution in [0.2, 0.25) is 0 Å². The van der Waals surface area contributed by atoms with Gasteiger partial charge in [0.2, 0.25) is 4.38 Å². The Balaban J connectivity index is 2.97. The van der Waals surface area contributed by atoms with Gasteiger partial charge in [-0.15, -0.1) is 0 Å². The topological polar surface area (TPSA) is 9.23 Å². The summed E-state index contributed by atoms with van der Waals surface area (Å²) in [5, 5.41) is 0. The normalized spacial score (nSPS) is 7.57. The molecule has 0 aromatic rings. The summed E-state index contributed by atoms with van der Waals surface area (Å²) < 4.78 is 4.93. The van der Waals surface area contributed by atoms with Crippen molar-refractivity contribution in [1.82, 2.24) is 0 Å². The highest BCUT2D eigenvalue weighted by Gasteiger charge is 1.79. The van der Waals surface area contributed by atoms with Gasteiger partial charge in [0.25, 0.3) is 0 Å². The number of ether oxygens (including phenoxy) is 1. The van der Waals surface area contributed by atoms with Gasteiger partial charge in [0.15, 0.2) is 0 Å². The summed E-state index contributed by atoms with van der Waals surface area (Å²) in [4.78, 5) is 0. The predicted molar refractivity (Wildman–Crippen MR) is 37.7 cm³/mol. The van der Waals surface area contributed by atoms with Crippen LogP contribution < -0.4 is 0 Å². The first kappa shape index (κ1) is 6.98. The SMILES string of the molecule is C=CCOC(=S)S. The van der Waals surface area contributed by atoms with Crippen LogP contribution in [0, 0.1) is 0 Å². The minimum atomic E-state index is 0.264. The lowest BCUT2D eigenvalue weighted by molar-refractivity contribution is 0.371. The standard InChI is InChI=1S/C4H6OS2/c1-2-3-5-4(6)7/h2H,1,3H2,(H,6,7). The van der Waals surface area contributed by atoms with E-state index in [9.17, 15) is 0 Å². The molecule has 0 bridgehead atoms. The van der Waals surface area contributed by atoms with E-state index in [-0.39, 0.29) is 4.38 Å². The number of rotatable bonds is 2. The third-order valence-electron chi connectivity index (χ3n) is 0.325. The van der Waals surface area contributed by atoms with E-state index in [1.54, 1.807) is 6.08 Å². The van der Waals surface area contributed by atoms with Crippen LogP contribution in [0.4, 0.5) is 0 Å². The highest BCUT2D eigenvalue weighted by atomic mass is 32.1. The van der Waals surface area contributed by atoms with E-state index in [1.807, 2.05) is 0 Å². The number of hydrogen-bond donors (Lipinski definition) is 1. The molecule has 0 saturated heterocycles. The van der Waals surface area contributed by atoms with Crippen LogP contribution in [-0.2, 0) is 4.74 Å². The molecule has 0 heterocycles. The molecule has 0 atom stereocenters. The van der Waals surface area contributed by atoms with E-state index >= 15 is 0 Å². The van der Waals surface area contributed by atoms with Gasteiger partial charge in [-0.3, -0.25) is 0 Å². The van der Waals surface area contributed by atoms with Crippen molar-refractivity contribution >= 4 is 29.2 Å². The zero-order valence-corrected chi connectivity index (χ0v) is 5.47. The summed E-state index contributed by atoms with van der Waals surface area (Å²) in [5.41, 5.74) is 0. The Kier molecular flexibility index (Phi) is 4.14. The van der Waals surface area contributed by atoms with Crippen molar-refractivity contribution in [3.63, 3.8) is 0 Å². The van der Waals surface area contributed by atoms with Gasteiger partial charge in [0.1, 0.15) is 6.61 Å². The van der Waals surface area contributed by atoms with Crippen LogP contribution in [0.15, 0.2) is 12.7 Å². The fourth-order valence-electron chi connectivity index (χ4n) is 0.130. The molecular weight excluding hydrogens is 128 g/mol. The summed E-state index contributed by atoms with van der Waals surface area (Å²) in [7, 11) is 0. The molecule has 0 aliphatic rings. The van der Waals surface area contributed by atoms with Crippen LogP contribution in [-0.4, -0.2) is 11.0 Å². The molecule has 7 heavy (non-hydrogen) atoms. The summed E-state index contributed by atoms with van der Waals surface area (Å²) in [6.45, 7) is 3.86. The van der Waals surface area contributed by atoms with Crippen LogP contribution in [0.5, 0.6) is 0 Å². The monoisotopic (exact) mass is 134 g/mol. The molecule has 0 aliphatic carbocycles. The molecule has 1 nitrogen and oxygen atoms in total. The maximum absolute atomic E-state index is 4.67. The minimum Gasteiger partial charge on any atom is -0.475 e. The van der Waals surface area contributed by atoms with Gasteiger partial charge in [0.05, 0.1) is 0 Å². The van der Waals surface area contributed by atoms with Gasteiger partial charge in [-0.25, -0.2) is 0 Å². The Morgan fingerprint density at radius 2 is 2.57 bits per heavy atom. The first-order chi connectivity index (χ1) is 3.27. The van der Waals surface area contributed by atoms with E-state index in [4.69, 9.17) is 0 Å². The molecule has 40 valence electrons. The number of hydrogen-bond acceptors (Lipinski definition) is 2. The van der Waals surface area contributed by atoms with Crippen molar-refractivity contribution in [2.75, 3.05) is 6.61 Å². The second kappa shape index (κ2) is 4.15. The Bertz CT molecular complexity index is 79.8. The van der Waals surface area contributed by atoms with Crippen LogP contribution >= 0.6 is 24.8 Å². The smallest absolute Gasteiger partial charge is 0.217 e. The molecule has 0 rings (SSSR count). The summed E-state index contributed by atoms with van der Waals surface area (Å²) >= 11 is 8.15. The average molecular weight is 134 g/mol. The molecule has 0 amide bonds. The van der Waals surface area contributed by atoms with Gasteiger partial charge in [0, 0.05) is 0 Å². The maximum Gasteiger partial charge on any atom is 0.217 e. The lowest BCUT2D eigenvalue weighted by Crippen LogP contribution is -1.90. The van der Waals surface area contributed by atoms with E-state index < -0.39 is 0 Å². The lowest BCUT2D eigenvalue weighted by Gasteiger charge is -1.93. The van der Waals surface area contributed by atoms with Crippen LogP contribution in [0.25, 0.3) is 0 Å². The van der Waals surface area contributed by atoms with Gasteiger partial charge in [-0.05, 0) is 12.2 Å². The van der Waals surface area contributed by atoms with Gasteiger partial charge < -0.3 is 4.74 Å². The van der Waals surface area contributed by atoms with Crippen molar-refractivity contribution in [2.45, 2.75) is 0 Å². The molecule has 0 radical (unpaired) electrons. The Hall–Kier alpha value is -0.0200. The van der Waals surface area contributed by atoms with Crippen molar-refractivity contribution in [1.29, 1.82) is 0 Å². The zero-order chi connectivity index (χ0) is 5.70. The number of thiol groups is 1. The molecule has 0 N–H and O–H groups in total. The van der Waals surface area contributed by atoms with Crippen LogP contribution in [0.1, 0.15) is 0 Å². The molecule has 0 saturated carbocycles. The largest absolute Gasteiger partial charge is 0.475 e. The molecule has 0 unspecified atom stereocenters. The van der Waals surface area contributed by atoms with Crippen molar-refractivity contribution < 1.29 is 4.74 Å². The highest BCUT2D eigenvalue weighted by Crippen LogP contribution is 1.85. The van der Waals surface area contributed by atoms with E-state index in [1.165, 1.54) is 0 Å². The number of thiocarbonyl (C=S) groups is 1. The molecule has 0 aliphatic heterocycles. The third kappa shape index (κ3) is 5.98. The van der Waals surface area contributed by atoms with Gasteiger partial charge in [-0.2, -0.15) is 0 Å². The minimum absolute atomic E-state index is 0.264. The Morgan fingerprint density at radius 3 is 2.71 bits per heavy atom. The Morgan fingerprint density at radius 1 is 2.00 bits per heavy atom. The van der Waals surface area contributed by atoms with Crippen molar-refractivity contribution in [3.8, 4) is 0 Å². The fraction of sp³-hybridized carbons (Fsp3) is 0.250. The highest BCUT2D eigenvalue weighted by molar-refractivity contribution is 8.10. The molecule has 3 heteroatoms. The van der Waals surface area contributed by atoms with Gasteiger partial charge >= 0.3 is 0 Å². The van der Waals surface area contributed by atoms with E-state index in [2.05, 4.69) is 36.2 Å². The zero-order valence-electron chi connectivity index (χ0n) is 3.76. The summed E-state index contributed by atoms with van der Waals surface area (Å²) in [6, 6.07) is 0. The molecule has 0 aromatic heterocycles. The first-order valence-electron chi connectivity index (χ1n) is 1.74. The van der Waals surface area contributed by atoms with Crippen molar-refractivity contribution in [2.24, 2.45) is 0 Å². The maximum atomic E-state index is 4.67. The third-order valence-corrected chi connectivity index (χ3v) is 0.572. The molecule has 0 spiro atoms.